The normalized spacial score (nSPS) is 11.7. The van der Waals surface area contributed by atoms with Crippen molar-refractivity contribution < 1.29 is 4.79 Å². The number of halogens is 2. The summed E-state index contributed by atoms with van der Waals surface area (Å²) in [5, 5.41) is 0.777. The average molecular weight is 407 g/mol. The van der Waals surface area contributed by atoms with Crippen molar-refractivity contribution in [2.45, 2.75) is 26.2 Å². The molecule has 0 bridgehead atoms. The van der Waals surface area contributed by atoms with Gasteiger partial charge in [0.15, 0.2) is 4.77 Å². The summed E-state index contributed by atoms with van der Waals surface area (Å²) in [6.45, 7) is 6.25. The number of aromatic nitrogens is 2. The van der Waals surface area contributed by atoms with E-state index >= 15 is 0 Å². The Hall–Kier alpha value is -1.95. The van der Waals surface area contributed by atoms with Gasteiger partial charge in [-0.3, -0.25) is 9.59 Å². The Morgan fingerprint density at radius 1 is 1.12 bits per heavy atom. The smallest absolute Gasteiger partial charge is 0.269 e. The summed E-state index contributed by atoms with van der Waals surface area (Å²) >= 11 is 17.3. The number of nitrogens with zero attached hydrogens (tertiary/aromatic N) is 1. The van der Waals surface area contributed by atoms with Crippen LogP contribution in [0.15, 0.2) is 41.2 Å². The molecule has 0 amide bonds. The predicted octanol–water partition coefficient (Wildman–Crippen LogP) is 5.35. The molecule has 134 valence electrons. The number of carbonyl (C=O) groups excluding carboxylic acids is 1. The maximum absolute atomic E-state index is 12.9. The quantitative estimate of drug-likeness (QED) is 0.553. The highest BCUT2D eigenvalue weighted by Gasteiger charge is 2.18. The molecule has 0 atom stereocenters. The predicted molar refractivity (Wildman–Crippen MR) is 108 cm³/mol. The Balaban J connectivity index is 2.18. The molecule has 1 heterocycles. The number of nitrogens with one attached hydrogen (secondary N) is 1. The third-order valence-corrected chi connectivity index (χ3v) is 4.93. The molecule has 0 saturated heterocycles. The van der Waals surface area contributed by atoms with Crippen LogP contribution in [0.5, 0.6) is 0 Å². The molecule has 4 nitrogen and oxygen atoms in total. The molecule has 26 heavy (non-hydrogen) atoms. The van der Waals surface area contributed by atoms with Gasteiger partial charge in [-0.1, -0.05) is 56.1 Å². The molecule has 7 heteroatoms. The average Bonchev–Trinajstić information content (AvgIpc) is 2.55. The number of fused-ring (bicyclic) bond motifs is 1. The van der Waals surface area contributed by atoms with Crippen LogP contribution in [0.2, 0.25) is 10.0 Å². The second-order valence-electron chi connectivity index (χ2n) is 7.01. The second-order valence-corrected chi connectivity index (χ2v) is 8.24. The largest absolute Gasteiger partial charge is 0.330 e. The fraction of sp³-hybridized carbons (Fsp3) is 0.211. The van der Waals surface area contributed by atoms with Crippen LogP contribution in [0.3, 0.4) is 0 Å². The number of hydrogen-bond donors (Lipinski definition) is 1. The van der Waals surface area contributed by atoms with E-state index in [0.717, 1.165) is 10.1 Å². The minimum Gasteiger partial charge on any atom is -0.330 e. The lowest BCUT2D eigenvalue weighted by Crippen LogP contribution is -2.29. The highest BCUT2D eigenvalue weighted by Crippen LogP contribution is 2.25. The molecule has 3 aromatic rings. The van der Waals surface area contributed by atoms with Gasteiger partial charge >= 0.3 is 0 Å². The van der Waals surface area contributed by atoms with E-state index in [1.165, 1.54) is 12.1 Å². The van der Waals surface area contributed by atoms with Gasteiger partial charge in [-0.2, -0.15) is 0 Å². The zero-order chi connectivity index (χ0) is 19.2. The van der Waals surface area contributed by atoms with Crippen molar-refractivity contribution in [2.75, 3.05) is 0 Å². The monoisotopic (exact) mass is 406 g/mol. The highest BCUT2D eigenvalue weighted by molar-refractivity contribution is 7.71. The van der Waals surface area contributed by atoms with Gasteiger partial charge in [-0.25, -0.2) is 4.57 Å². The summed E-state index contributed by atoms with van der Waals surface area (Å²) in [5.41, 5.74) is 1.22. The Kier molecular flexibility index (Phi) is 4.82. The van der Waals surface area contributed by atoms with Gasteiger partial charge < -0.3 is 4.98 Å². The summed E-state index contributed by atoms with van der Waals surface area (Å²) in [6.07, 6.45) is 0. The zero-order valence-corrected chi connectivity index (χ0v) is 16.7. The first-order valence-electron chi connectivity index (χ1n) is 7.89. The van der Waals surface area contributed by atoms with E-state index in [2.05, 4.69) is 25.8 Å². The number of hydrogen-bond acceptors (Lipinski definition) is 3. The van der Waals surface area contributed by atoms with Crippen molar-refractivity contribution in [3.05, 3.63) is 72.7 Å². The van der Waals surface area contributed by atoms with Crippen LogP contribution in [0, 0.1) is 4.77 Å². The summed E-state index contributed by atoms with van der Waals surface area (Å²) in [4.78, 5) is 28.6. The van der Waals surface area contributed by atoms with Gasteiger partial charge in [-0.15, -0.1) is 0 Å². The number of rotatable bonds is 1. The highest BCUT2D eigenvalue weighted by atomic mass is 35.5. The molecule has 0 saturated carbocycles. The van der Waals surface area contributed by atoms with Crippen LogP contribution >= 0.6 is 35.4 Å². The van der Waals surface area contributed by atoms with Crippen molar-refractivity contribution in [1.82, 2.24) is 9.55 Å². The molecular formula is C19H16Cl2N2O2S. The Morgan fingerprint density at radius 3 is 2.31 bits per heavy atom. The number of aromatic amines is 1. The molecule has 0 aliphatic heterocycles. The molecule has 2 aromatic carbocycles. The van der Waals surface area contributed by atoms with E-state index in [1.54, 1.807) is 12.1 Å². The lowest BCUT2D eigenvalue weighted by Gasteiger charge is -2.19. The van der Waals surface area contributed by atoms with Crippen molar-refractivity contribution in [2.24, 2.45) is 0 Å². The minimum atomic E-state index is -0.557. The maximum Gasteiger partial charge on any atom is 0.269 e. The van der Waals surface area contributed by atoms with E-state index in [4.69, 9.17) is 35.4 Å². The van der Waals surface area contributed by atoms with Crippen LogP contribution < -0.4 is 5.56 Å². The van der Waals surface area contributed by atoms with Crippen molar-refractivity contribution >= 4 is 52.2 Å². The van der Waals surface area contributed by atoms with Crippen molar-refractivity contribution in [1.29, 1.82) is 0 Å². The second kappa shape index (κ2) is 6.65. The molecule has 1 aromatic heterocycles. The molecule has 0 radical (unpaired) electrons. The summed E-state index contributed by atoms with van der Waals surface area (Å²) in [6, 6.07) is 10.1. The van der Waals surface area contributed by atoms with Gasteiger partial charge in [-0.05, 0) is 47.5 Å². The van der Waals surface area contributed by atoms with Crippen LogP contribution in [-0.2, 0) is 5.41 Å². The van der Waals surface area contributed by atoms with Gasteiger partial charge in [0.05, 0.1) is 15.9 Å². The number of carbonyl (C=O) groups is 1. The fourth-order valence-corrected chi connectivity index (χ4v) is 3.48. The van der Waals surface area contributed by atoms with E-state index < -0.39 is 11.5 Å². The van der Waals surface area contributed by atoms with Gasteiger partial charge in [0.25, 0.3) is 11.5 Å². The molecule has 1 N–H and O–H groups in total. The van der Waals surface area contributed by atoms with Crippen molar-refractivity contribution in [3.63, 3.8) is 0 Å². The molecule has 0 unspecified atom stereocenters. The SMILES string of the molecule is CC(C)(C)c1ccc(C(=O)n2c(=S)[nH]c3c(Cl)cc(Cl)cc3c2=O)cc1. The molecule has 0 fully saturated rings. The van der Waals surface area contributed by atoms with Crippen LogP contribution in [0.4, 0.5) is 0 Å². The molecule has 0 aliphatic carbocycles. The van der Waals surface area contributed by atoms with Gasteiger partial charge in [0, 0.05) is 10.6 Å². The number of benzene rings is 2. The summed E-state index contributed by atoms with van der Waals surface area (Å²) < 4.78 is 0.910. The third-order valence-electron chi connectivity index (χ3n) is 4.12. The number of H-pyrrole nitrogens is 1. The van der Waals surface area contributed by atoms with E-state index in [0.29, 0.717) is 16.1 Å². The van der Waals surface area contributed by atoms with Crippen molar-refractivity contribution in [3.8, 4) is 0 Å². The van der Waals surface area contributed by atoms with Crippen LogP contribution in [0.1, 0.15) is 36.7 Å². The van der Waals surface area contributed by atoms with Crippen LogP contribution in [0.25, 0.3) is 10.9 Å². The molecular weight excluding hydrogens is 391 g/mol. The summed E-state index contributed by atoms with van der Waals surface area (Å²) in [5.74, 6) is -0.505. The zero-order valence-electron chi connectivity index (χ0n) is 14.4. The van der Waals surface area contributed by atoms with Gasteiger partial charge in [0.2, 0.25) is 0 Å². The van der Waals surface area contributed by atoms with E-state index in [1.807, 2.05) is 12.1 Å². The Bertz CT molecular complexity index is 1140. The maximum atomic E-state index is 12.9. The first kappa shape index (κ1) is 18.8. The lowest BCUT2D eigenvalue weighted by atomic mass is 9.87. The molecule has 3 rings (SSSR count). The van der Waals surface area contributed by atoms with E-state index in [-0.39, 0.29) is 20.6 Å². The Morgan fingerprint density at radius 2 is 1.73 bits per heavy atom. The third kappa shape index (κ3) is 3.34. The fourth-order valence-electron chi connectivity index (χ4n) is 2.67. The topological polar surface area (TPSA) is 54.9 Å². The van der Waals surface area contributed by atoms with Gasteiger partial charge in [0.1, 0.15) is 0 Å². The minimum absolute atomic E-state index is 0.0170. The van der Waals surface area contributed by atoms with Crippen LogP contribution in [-0.4, -0.2) is 15.5 Å². The standard InChI is InChI=1S/C19H16Cl2N2O2S/c1-19(2,3)11-6-4-10(5-7-11)16(24)23-17(25)13-8-12(20)9-14(21)15(13)22-18(23)26/h4-9H,1-3H3,(H,22,26). The lowest BCUT2D eigenvalue weighted by molar-refractivity contribution is 0.0953. The Labute approximate surface area is 165 Å². The molecule has 0 aliphatic rings. The molecule has 0 spiro atoms. The first-order valence-corrected chi connectivity index (χ1v) is 9.05. The van der Waals surface area contributed by atoms with E-state index in [9.17, 15) is 9.59 Å². The first-order chi connectivity index (χ1) is 12.1. The summed E-state index contributed by atoms with van der Waals surface area (Å²) in [7, 11) is 0.